The van der Waals surface area contributed by atoms with Crippen LogP contribution in [0.25, 0.3) is 0 Å². The van der Waals surface area contributed by atoms with E-state index >= 15 is 0 Å². The Hall–Kier alpha value is -0.0800. The van der Waals surface area contributed by atoms with Gasteiger partial charge in [-0.3, -0.25) is 0 Å². The lowest BCUT2D eigenvalue weighted by Crippen LogP contribution is -2.46. The monoisotopic (exact) mass is 199 g/mol. The van der Waals surface area contributed by atoms with Crippen LogP contribution in [-0.4, -0.2) is 23.3 Å². The third-order valence-electron chi connectivity index (χ3n) is 3.54. The second kappa shape index (κ2) is 5.13. The largest absolute Gasteiger partial charge is 0.389 e. The van der Waals surface area contributed by atoms with Crippen LogP contribution in [0.3, 0.4) is 0 Å². The standard InChI is InChI=1S/C12H25NO/c1-10(2)11(3)13-9-12(14)7-5-4-6-8-12/h10-11,13-14H,4-9H2,1-3H3/t11-/m1/s1. The summed E-state index contributed by atoms with van der Waals surface area (Å²) in [6.45, 7) is 7.38. The van der Waals surface area contributed by atoms with Gasteiger partial charge < -0.3 is 10.4 Å². The van der Waals surface area contributed by atoms with Gasteiger partial charge in [-0.2, -0.15) is 0 Å². The summed E-state index contributed by atoms with van der Waals surface area (Å²) in [5, 5.41) is 13.7. The van der Waals surface area contributed by atoms with E-state index in [0.717, 1.165) is 19.4 Å². The maximum absolute atomic E-state index is 10.2. The highest BCUT2D eigenvalue weighted by Gasteiger charge is 2.29. The molecule has 0 unspecified atom stereocenters. The Balaban J connectivity index is 2.28. The summed E-state index contributed by atoms with van der Waals surface area (Å²) in [4.78, 5) is 0. The summed E-state index contributed by atoms with van der Waals surface area (Å²) < 4.78 is 0. The normalized spacial score (nSPS) is 23.8. The van der Waals surface area contributed by atoms with Gasteiger partial charge in [-0.15, -0.1) is 0 Å². The first-order valence-corrected chi connectivity index (χ1v) is 5.99. The molecule has 0 spiro atoms. The second-order valence-corrected chi connectivity index (χ2v) is 5.20. The lowest BCUT2D eigenvalue weighted by Gasteiger charge is -2.34. The van der Waals surface area contributed by atoms with Crippen LogP contribution in [0.15, 0.2) is 0 Å². The average Bonchev–Trinajstić information content (AvgIpc) is 2.15. The molecular weight excluding hydrogens is 174 g/mol. The molecular formula is C12H25NO. The molecule has 1 fully saturated rings. The van der Waals surface area contributed by atoms with Crippen molar-refractivity contribution in [3.05, 3.63) is 0 Å². The van der Waals surface area contributed by atoms with E-state index in [0.29, 0.717) is 12.0 Å². The third-order valence-corrected chi connectivity index (χ3v) is 3.54. The molecule has 0 amide bonds. The molecule has 0 saturated heterocycles. The maximum Gasteiger partial charge on any atom is 0.0771 e. The van der Waals surface area contributed by atoms with Crippen molar-refractivity contribution in [2.75, 3.05) is 6.54 Å². The van der Waals surface area contributed by atoms with E-state index < -0.39 is 5.60 Å². The van der Waals surface area contributed by atoms with Crippen molar-refractivity contribution in [2.45, 2.75) is 64.5 Å². The van der Waals surface area contributed by atoms with Crippen LogP contribution < -0.4 is 5.32 Å². The van der Waals surface area contributed by atoms with Crippen LogP contribution in [0.4, 0.5) is 0 Å². The number of aliphatic hydroxyl groups is 1. The molecule has 2 heteroatoms. The van der Waals surface area contributed by atoms with Crippen LogP contribution in [0.5, 0.6) is 0 Å². The summed E-state index contributed by atoms with van der Waals surface area (Å²) in [5.74, 6) is 0.641. The van der Waals surface area contributed by atoms with Crippen molar-refractivity contribution in [1.29, 1.82) is 0 Å². The first-order valence-electron chi connectivity index (χ1n) is 5.99. The van der Waals surface area contributed by atoms with E-state index in [1.165, 1.54) is 19.3 Å². The minimum Gasteiger partial charge on any atom is -0.389 e. The van der Waals surface area contributed by atoms with Gasteiger partial charge in [0.25, 0.3) is 0 Å². The molecule has 1 aliphatic rings. The minimum atomic E-state index is -0.415. The molecule has 0 aromatic rings. The van der Waals surface area contributed by atoms with Crippen molar-refractivity contribution in [3.63, 3.8) is 0 Å². The van der Waals surface area contributed by atoms with Crippen LogP contribution in [-0.2, 0) is 0 Å². The van der Waals surface area contributed by atoms with Gasteiger partial charge in [-0.1, -0.05) is 33.1 Å². The van der Waals surface area contributed by atoms with E-state index in [1.807, 2.05) is 0 Å². The fraction of sp³-hybridized carbons (Fsp3) is 1.00. The van der Waals surface area contributed by atoms with E-state index in [2.05, 4.69) is 26.1 Å². The van der Waals surface area contributed by atoms with Crippen LogP contribution in [0, 0.1) is 5.92 Å². The Bertz CT molecular complexity index is 162. The maximum atomic E-state index is 10.2. The molecule has 14 heavy (non-hydrogen) atoms. The fourth-order valence-corrected chi connectivity index (χ4v) is 1.97. The Morgan fingerprint density at radius 2 is 1.71 bits per heavy atom. The number of rotatable bonds is 4. The van der Waals surface area contributed by atoms with Crippen LogP contribution >= 0.6 is 0 Å². The zero-order chi connectivity index (χ0) is 10.6. The molecule has 0 heterocycles. The van der Waals surface area contributed by atoms with Crippen molar-refractivity contribution in [1.82, 2.24) is 5.32 Å². The molecule has 1 aliphatic carbocycles. The number of hydrogen-bond donors (Lipinski definition) is 2. The molecule has 84 valence electrons. The lowest BCUT2D eigenvalue weighted by molar-refractivity contribution is 0.00199. The quantitative estimate of drug-likeness (QED) is 0.728. The summed E-state index contributed by atoms with van der Waals surface area (Å²) in [5.41, 5.74) is -0.415. The van der Waals surface area contributed by atoms with Crippen LogP contribution in [0.2, 0.25) is 0 Å². The first-order chi connectivity index (χ1) is 6.53. The summed E-state index contributed by atoms with van der Waals surface area (Å²) in [6, 6.07) is 0.501. The van der Waals surface area contributed by atoms with Crippen molar-refractivity contribution >= 4 is 0 Å². The zero-order valence-corrected chi connectivity index (χ0v) is 9.84. The average molecular weight is 199 g/mol. The SMILES string of the molecule is CC(C)[C@@H](C)NCC1(O)CCCCC1. The molecule has 1 rings (SSSR count). The summed E-state index contributed by atoms with van der Waals surface area (Å²) in [7, 11) is 0. The van der Waals surface area contributed by atoms with Gasteiger partial charge in [-0.25, -0.2) is 0 Å². The van der Waals surface area contributed by atoms with Gasteiger partial charge in [0.1, 0.15) is 0 Å². The van der Waals surface area contributed by atoms with Gasteiger partial charge in [0, 0.05) is 12.6 Å². The molecule has 0 aromatic heterocycles. The Kier molecular flexibility index (Phi) is 4.39. The topological polar surface area (TPSA) is 32.3 Å². The molecule has 0 aliphatic heterocycles. The van der Waals surface area contributed by atoms with E-state index in [-0.39, 0.29) is 0 Å². The number of nitrogens with one attached hydrogen (secondary N) is 1. The smallest absolute Gasteiger partial charge is 0.0771 e. The third kappa shape index (κ3) is 3.58. The summed E-state index contributed by atoms with van der Waals surface area (Å²) >= 11 is 0. The summed E-state index contributed by atoms with van der Waals surface area (Å²) in [6.07, 6.45) is 5.63. The molecule has 0 bridgehead atoms. The van der Waals surface area contributed by atoms with Gasteiger partial charge in [0.05, 0.1) is 5.60 Å². The zero-order valence-electron chi connectivity index (χ0n) is 9.84. The fourth-order valence-electron chi connectivity index (χ4n) is 1.97. The Labute approximate surface area is 88.1 Å². The highest BCUT2D eigenvalue weighted by atomic mass is 16.3. The van der Waals surface area contributed by atoms with Crippen LogP contribution in [0.1, 0.15) is 52.9 Å². The molecule has 2 N–H and O–H groups in total. The van der Waals surface area contributed by atoms with Crippen molar-refractivity contribution in [3.8, 4) is 0 Å². The molecule has 0 aromatic carbocycles. The van der Waals surface area contributed by atoms with E-state index in [1.54, 1.807) is 0 Å². The first kappa shape index (κ1) is 12.0. The van der Waals surface area contributed by atoms with Gasteiger partial charge in [0.15, 0.2) is 0 Å². The Morgan fingerprint density at radius 3 is 2.21 bits per heavy atom. The van der Waals surface area contributed by atoms with Gasteiger partial charge >= 0.3 is 0 Å². The molecule has 2 nitrogen and oxygen atoms in total. The van der Waals surface area contributed by atoms with Crippen molar-refractivity contribution < 1.29 is 5.11 Å². The highest BCUT2D eigenvalue weighted by Crippen LogP contribution is 2.27. The second-order valence-electron chi connectivity index (χ2n) is 5.20. The lowest BCUT2D eigenvalue weighted by atomic mass is 9.84. The highest BCUT2D eigenvalue weighted by molar-refractivity contribution is 4.85. The predicted molar refractivity (Wildman–Crippen MR) is 60.3 cm³/mol. The molecule has 0 radical (unpaired) electrons. The number of hydrogen-bond acceptors (Lipinski definition) is 2. The van der Waals surface area contributed by atoms with Crippen molar-refractivity contribution in [2.24, 2.45) is 5.92 Å². The molecule has 1 atom stereocenters. The Morgan fingerprint density at radius 1 is 1.14 bits per heavy atom. The minimum absolute atomic E-state index is 0.415. The van der Waals surface area contributed by atoms with E-state index in [4.69, 9.17) is 0 Å². The van der Waals surface area contributed by atoms with Gasteiger partial charge in [-0.05, 0) is 25.7 Å². The molecule has 1 saturated carbocycles. The van der Waals surface area contributed by atoms with E-state index in [9.17, 15) is 5.11 Å². The predicted octanol–water partition coefficient (Wildman–Crippen LogP) is 2.32. The van der Waals surface area contributed by atoms with Gasteiger partial charge in [0.2, 0.25) is 0 Å².